The van der Waals surface area contributed by atoms with Crippen molar-refractivity contribution in [3.8, 4) is 0 Å². The van der Waals surface area contributed by atoms with E-state index >= 15 is 0 Å². The van der Waals surface area contributed by atoms with Crippen LogP contribution in [0.1, 0.15) is 40.4 Å². The highest BCUT2D eigenvalue weighted by atomic mass is 32.1. The number of aryl methyl sites for hydroxylation is 2. The molecular weight excluding hydrogens is 222 g/mol. The minimum Gasteiger partial charge on any atom is -0.273 e. The molecule has 1 amide bonds. The third-order valence-electron chi connectivity index (χ3n) is 2.55. The predicted octanol–water partition coefficient (Wildman–Crippen LogP) is 2.55. The summed E-state index contributed by atoms with van der Waals surface area (Å²) >= 11 is 1.60. The first-order chi connectivity index (χ1) is 7.66. The minimum absolute atomic E-state index is 0.111. The molecule has 3 nitrogen and oxygen atoms in total. The molecule has 0 aliphatic heterocycles. The minimum atomic E-state index is -0.111. The molecule has 0 spiro atoms. The summed E-state index contributed by atoms with van der Waals surface area (Å²) < 4.78 is 0. The van der Waals surface area contributed by atoms with E-state index in [4.69, 9.17) is 4.84 Å². The lowest BCUT2D eigenvalue weighted by Crippen LogP contribution is -2.24. The molecule has 0 unspecified atom stereocenters. The van der Waals surface area contributed by atoms with Gasteiger partial charge in [0.05, 0.1) is 11.5 Å². The molecule has 0 radical (unpaired) electrons. The topological polar surface area (TPSA) is 38.3 Å². The number of amides is 1. The van der Waals surface area contributed by atoms with Crippen molar-refractivity contribution in [2.45, 2.75) is 33.1 Å². The maximum Gasteiger partial charge on any atom is 0.284 e. The van der Waals surface area contributed by atoms with E-state index < -0.39 is 0 Å². The van der Waals surface area contributed by atoms with Crippen molar-refractivity contribution < 1.29 is 9.63 Å². The van der Waals surface area contributed by atoms with Gasteiger partial charge < -0.3 is 0 Å². The number of rotatable bonds is 4. The van der Waals surface area contributed by atoms with Crippen LogP contribution in [0.3, 0.4) is 0 Å². The molecule has 0 bridgehead atoms. The lowest BCUT2D eigenvalue weighted by molar-refractivity contribution is 0.0212. The van der Waals surface area contributed by atoms with Crippen LogP contribution in [-0.2, 0) is 17.7 Å². The van der Waals surface area contributed by atoms with Crippen LogP contribution in [-0.4, -0.2) is 12.5 Å². The lowest BCUT2D eigenvalue weighted by atomic mass is 10.2. The van der Waals surface area contributed by atoms with Gasteiger partial charge in [0.2, 0.25) is 0 Å². The van der Waals surface area contributed by atoms with Gasteiger partial charge in [0.1, 0.15) is 0 Å². The predicted molar refractivity (Wildman–Crippen MR) is 64.6 cm³/mol. The third-order valence-corrected chi connectivity index (χ3v) is 3.79. The van der Waals surface area contributed by atoms with Gasteiger partial charge in [-0.1, -0.05) is 13.8 Å². The van der Waals surface area contributed by atoms with Gasteiger partial charge in [-0.3, -0.25) is 9.63 Å². The Morgan fingerprint density at radius 1 is 1.56 bits per heavy atom. The maximum atomic E-state index is 11.7. The first kappa shape index (κ1) is 11.6. The lowest BCUT2D eigenvalue weighted by Gasteiger charge is -2.06. The van der Waals surface area contributed by atoms with Crippen molar-refractivity contribution in [3.63, 3.8) is 0 Å². The Bertz CT molecular complexity index is 363. The number of hydrogen-bond donors (Lipinski definition) is 1. The third kappa shape index (κ3) is 2.62. The number of nitrogens with one attached hydrogen (secondary N) is 1. The van der Waals surface area contributed by atoms with E-state index in [2.05, 4.69) is 5.48 Å². The monoisotopic (exact) mass is 239 g/mol. The zero-order chi connectivity index (χ0) is 11.5. The van der Waals surface area contributed by atoms with Gasteiger partial charge in [0.15, 0.2) is 0 Å². The first-order valence-electron chi connectivity index (χ1n) is 5.70. The van der Waals surface area contributed by atoms with Crippen LogP contribution < -0.4 is 5.48 Å². The molecule has 16 heavy (non-hydrogen) atoms. The molecule has 2 rings (SSSR count). The number of thiophene rings is 1. The molecule has 1 aromatic heterocycles. The van der Waals surface area contributed by atoms with Crippen molar-refractivity contribution >= 4 is 17.2 Å². The number of fused-ring (bicyclic) bond motifs is 1. The molecule has 4 heteroatoms. The number of carbonyl (C=O) groups is 1. The molecule has 0 atom stereocenters. The molecule has 0 saturated carbocycles. The first-order valence-corrected chi connectivity index (χ1v) is 6.52. The molecule has 1 aliphatic rings. The van der Waals surface area contributed by atoms with E-state index in [0.717, 1.165) is 17.7 Å². The average molecular weight is 239 g/mol. The zero-order valence-electron chi connectivity index (χ0n) is 9.71. The second-order valence-corrected chi connectivity index (χ2v) is 5.69. The Morgan fingerprint density at radius 2 is 2.38 bits per heavy atom. The molecule has 0 aromatic carbocycles. The van der Waals surface area contributed by atoms with E-state index in [0.29, 0.717) is 12.5 Å². The summed E-state index contributed by atoms with van der Waals surface area (Å²) in [7, 11) is 0. The Kier molecular flexibility index (Phi) is 3.61. The molecular formula is C12H17NO2S. The van der Waals surface area contributed by atoms with Gasteiger partial charge in [0, 0.05) is 4.88 Å². The largest absolute Gasteiger partial charge is 0.284 e. The van der Waals surface area contributed by atoms with E-state index in [1.54, 1.807) is 11.3 Å². The van der Waals surface area contributed by atoms with E-state index in [-0.39, 0.29) is 5.91 Å². The van der Waals surface area contributed by atoms with Crippen molar-refractivity contribution in [2.24, 2.45) is 5.92 Å². The standard InChI is InChI=1S/C12H17NO2S/c1-8(2)7-15-13-12(14)11-6-9-4-3-5-10(9)16-11/h6,8H,3-5,7H2,1-2H3,(H,13,14). The SMILES string of the molecule is CC(C)CONC(=O)c1cc2c(s1)CCC2. The second kappa shape index (κ2) is 4.97. The van der Waals surface area contributed by atoms with Crippen LogP contribution in [0.5, 0.6) is 0 Å². The molecule has 1 N–H and O–H groups in total. The number of carbonyl (C=O) groups excluding carboxylic acids is 1. The Morgan fingerprint density at radius 3 is 3.06 bits per heavy atom. The molecule has 0 saturated heterocycles. The average Bonchev–Trinajstić information content (AvgIpc) is 2.75. The quantitative estimate of drug-likeness (QED) is 0.820. The van der Waals surface area contributed by atoms with Gasteiger partial charge in [-0.15, -0.1) is 11.3 Å². The highest BCUT2D eigenvalue weighted by molar-refractivity contribution is 7.14. The second-order valence-electron chi connectivity index (χ2n) is 4.55. The van der Waals surface area contributed by atoms with Crippen LogP contribution in [0.15, 0.2) is 6.07 Å². The van der Waals surface area contributed by atoms with Crippen LogP contribution in [0, 0.1) is 5.92 Å². The molecule has 88 valence electrons. The molecule has 1 aliphatic carbocycles. The van der Waals surface area contributed by atoms with Gasteiger partial charge >= 0.3 is 0 Å². The number of hydrogen-bond acceptors (Lipinski definition) is 3. The van der Waals surface area contributed by atoms with Crippen LogP contribution in [0.2, 0.25) is 0 Å². The van der Waals surface area contributed by atoms with Gasteiger partial charge in [-0.25, -0.2) is 5.48 Å². The van der Waals surface area contributed by atoms with E-state index in [1.807, 2.05) is 19.9 Å². The molecule has 0 fully saturated rings. The number of hydroxylamine groups is 1. The van der Waals surface area contributed by atoms with Crippen molar-refractivity contribution in [1.29, 1.82) is 0 Å². The Labute approximate surface area is 99.8 Å². The zero-order valence-corrected chi connectivity index (χ0v) is 10.5. The summed E-state index contributed by atoms with van der Waals surface area (Å²) in [6, 6.07) is 2.00. The summed E-state index contributed by atoms with van der Waals surface area (Å²) in [6.07, 6.45) is 3.47. The highest BCUT2D eigenvalue weighted by Crippen LogP contribution is 2.30. The van der Waals surface area contributed by atoms with Gasteiger partial charge in [0.25, 0.3) is 5.91 Å². The Balaban J connectivity index is 1.89. The van der Waals surface area contributed by atoms with Crippen LogP contribution in [0.4, 0.5) is 0 Å². The summed E-state index contributed by atoms with van der Waals surface area (Å²) in [5.74, 6) is 0.314. The summed E-state index contributed by atoms with van der Waals surface area (Å²) in [4.78, 5) is 19.0. The van der Waals surface area contributed by atoms with Crippen LogP contribution >= 0.6 is 11.3 Å². The van der Waals surface area contributed by atoms with E-state index in [1.165, 1.54) is 16.9 Å². The fraction of sp³-hybridized carbons (Fsp3) is 0.583. The Hall–Kier alpha value is -0.870. The maximum absolute atomic E-state index is 11.7. The smallest absolute Gasteiger partial charge is 0.273 e. The molecule has 1 aromatic rings. The summed E-state index contributed by atoms with van der Waals surface area (Å²) in [6.45, 7) is 4.65. The highest BCUT2D eigenvalue weighted by Gasteiger charge is 2.18. The summed E-state index contributed by atoms with van der Waals surface area (Å²) in [5.41, 5.74) is 3.84. The molecule has 1 heterocycles. The van der Waals surface area contributed by atoms with Crippen molar-refractivity contribution in [2.75, 3.05) is 6.61 Å². The van der Waals surface area contributed by atoms with Crippen molar-refractivity contribution in [1.82, 2.24) is 5.48 Å². The van der Waals surface area contributed by atoms with Crippen molar-refractivity contribution in [3.05, 3.63) is 21.4 Å². The fourth-order valence-corrected chi connectivity index (χ4v) is 2.90. The van der Waals surface area contributed by atoms with E-state index in [9.17, 15) is 4.79 Å². The van der Waals surface area contributed by atoms with Gasteiger partial charge in [-0.05, 0) is 36.8 Å². The normalized spacial score (nSPS) is 14.2. The van der Waals surface area contributed by atoms with Crippen LogP contribution in [0.25, 0.3) is 0 Å². The van der Waals surface area contributed by atoms with Gasteiger partial charge in [-0.2, -0.15) is 0 Å². The summed E-state index contributed by atoms with van der Waals surface area (Å²) in [5, 5.41) is 0. The fourth-order valence-electron chi connectivity index (χ4n) is 1.77.